The fraction of sp³-hybridized carbons (Fsp3) is 0.560. The molecule has 10 nitrogen and oxygen atoms in total. The Balaban J connectivity index is 1.52. The second-order valence-corrected chi connectivity index (χ2v) is 7.95. The minimum absolute atomic E-state index is 0.0246. The zero-order chi connectivity index (χ0) is 25.1. The van der Waals surface area contributed by atoms with Crippen LogP contribution in [-0.2, 0) is 23.7 Å². The van der Waals surface area contributed by atoms with E-state index in [0.29, 0.717) is 50.8 Å². The minimum Gasteiger partial charge on any atom is -0.481 e. The number of rotatable bonds is 15. The van der Waals surface area contributed by atoms with Crippen LogP contribution >= 0.6 is 0 Å². The van der Waals surface area contributed by atoms with Gasteiger partial charge in [-0.05, 0) is 56.4 Å². The maximum atomic E-state index is 12.2. The topological polar surface area (TPSA) is 132 Å². The Kier molecular flexibility index (Phi) is 14.1. The molecule has 1 unspecified atom stereocenters. The van der Waals surface area contributed by atoms with Crippen molar-refractivity contribution in [1.29, 1.82) is 0 Å². The average molecular weight is 493 g/mol. The van der Waals surface area contributed by atoms with Gasteiger partial charge in [-0.3, -0.25) is 14.9 Å². The SMILES string of the molecule is O=C(O)CCOCCOCCOCCNC(=O)c1ccc(NC(=O)OC2CC/C=C/CCC2)cc1. The van der Waals surface area contributed by atoms with Gasteiger partial charge in [0.2, 0.25) is 0 Å². The first-order chi connectivity index (χ1) is 17.0. The summed E-state index contributed by atoms with van der Waals surface area (Å²) in [4.78, 5) is 34.7. The minimum atomic E-state index is -0.893. The van der Waals surface area contributed by atoms with E-state index in [-0.39, 0.29) is 25.0 Å². The van der Waals surface area contributed by atoms with Crippen LogP contribution in [0.5, 0.6) is 0 Å². The smallest absolute Gasteiger partial charge is 0.411 e. The summed E-state index contributed by atoms with van der Waals surface area (Å²) in [5.74, 6) is -1.13. The van der Waals surface area contributed by atoms with E-state index in [1.807, 2.05) is 0 Å². The number of anilines is 1. The number of nitrogens with one attached hydrogen (secondary N) is 2. The highest BCUT2D eigenvalue weighted by Crippen LogP contribution is 2.17. The molecule has 1 aromatic rings. The van der Waals surface area contributed by atoms with E-state index in [9.17, 15) is 14.4 Å². The first-order valence-corrected chi connectivity index (χ1v) is 12.0. The lowest BCUT2D eigenvalue weighted by Gasteiger charge is -2.18. The van der Waals surface area contributed by atoms with Crippen LogP contribution < -0.4 is 10.6 Å². The number of benzene rings is 1. The highest BCUT2D eigenvalue weighted by molar-refractivity contribution is 5.95. The van der Waals surface area contributed by atoms with Gasteiger partial charge in [0.25, 0.3) is 5.91 Å². The third-order valence-electron chi connectivity index (χ3n) is 5.12. The number of hydrogen-bond donors (Lipinski definition) is 3. The van der Waals surface area contributed by atoms with Crippen molar-refractivity contribution in [3.05, 3.63) is 42.0 Å². The number of carboxylic acids is 1. The third-order valence-corrected chi connectivity index (χ3v) is 5.12. The van der Waals surface area contributed by atoms with Crippen LogP contribution in [0.2, 0.25) is 0 Å². The van der Waals surface area contributed by atoms with Gasteiger partial charge >= 0.3 is 12.1 Å². The van der Waals surface area contributed by atoms with Gasteiger partial charge in [0.15, 0.2) is 0 Å². The molecule has 194 valence electrons. The van der Waals surface area contributed by atoms with E-state index < -0.39 is 12.1 Å². The molecule has 0 spiro atoms. The second kappa shape index (κ2) is 17.5. The van der Waals surface area contributed by atoms with Crippen molar-refractivity contribution >= 4 is 23.7 Å². The highest BCUT2D eigenvalue weighted by atomic mass is 16.6. The number of carbonyl (C=O) groups is 3. The summed E-state index contributed by atoms with van der Waals surface area (Å²) in [6, 6.07) is 6.60. The largest absolute Gasteiger partial charge is 0.481 e. The molecule has 0 fully saturated rings. The van der Waals surface area contributed by atoms with Crippen molar-refractivity contribution in [3.63, 3.8) is 0 Å². The molecule has 0 saturated carbocycles. The molecule has 1 atom stereocenters. The van der Waals surface area contributed by atoms with Gasteiger partial charge in [-0.2, -0.15) is 0 Å². The number of hydrogen-bond acceptors (Lipinski definition) is 7. The summed E-state index contributed by atoms with van der Waals surface area (Å²) in [5.41, 5.74) is 1.04. The molecular formula is C25H36N2O8. The molecule has 1 aliphatic rings. The van der Waals surface area contributed by atoms with Crippen LogP contribution in [0.3, 0.4) is 0 Å². The number of carboxylic acid groups (broad SMARTS) is 1. The first kappa shape index (κ1) is 28.3. The second-order valence-electron chi connectivity index (χ2n) is 7.95. The predicted molar refractivity (Wildman–Crippen MR) is 130 cm³/mol. The Morgan fingerprint density at radius 2 is 1.51 bits per heavy atom. The molecule has 35 heavy (non-hydrogen) atoms. The number of ether oxygens (including phenoxy) is 4. The molecule has 0 saturated heterocycles. The van der Waals surface area contributed by atoms with Crippen LogP contribution in [0.4, 0.5) is 10.5 Å². The Morgan fingerprint density at radius 3 is 2.23 bits per heavy atom. The van der Waals surface area contributed by atoms with Crippen molar-refractivity contribution in [2.75, 3.05) is 51.5 Å². The van der Waals surface area contributed by atoms with E-state index in [2.05, 4.69) is 22.8 Å². The molecule has 2 rings (SSSR count). The Labute approximate surface area is 206 Å². The Hall–Kier alpha value is -2.95. The number of carbonyl (C=O) groups excluding carboxylic acids is 2. The fourth-order valence-electron chi connectivity index (χ4n) is 3.29. The van der Waals surface area contributed by atoms with Crippen LogP contribution in [0, 0.1) is 0 Å². The molecule has 10 heteroatoms. The van der Waals surface area contributed by atoms with Crippen LogP contribution in [0.15, 0.2) is 36.4 Å². The summed E-state index contributed by atoms with van der Waals surface area (Å²) in [6.45, 7) is 2.30. The van der Waals surface area contributed by atoms with Gasteiger partial charge in [-0.25, -0.2) is 4.79 Å². The Morgan fingerprint density at radius 1 is 0.857 bits per heavy atom. The number of aliphatic carboxylic acids is 1. The molecule has 0 bridgehead atoms. The molecule has 1 aromatic carbocycles. The zero-order valence-electron chi connectivity index (χ0n) is 20.0. The highest BCUT2D eigenvalue weighted by Gasteiger charge is 2.15. The van der Waals surface area contributed by atoms with Crippen molar-refractivity contribution < 1.29 is 38.4 Å². The summed E-state index contributed by atoms with van der Waals surface area (Å²) >= 11 is 0. The Bertz CT molecular complexity index is 797. The molecule has 0 aliphatic heterocycles. The van der Waals surface area contributed by atoms with Crippen molar-refractivity contribution in [2.24, 2.45) is 0 Å². The summed E-state index contributed by atoms with van der Waals surface area (Å²) in [6.07, 6.45) is 8.33. The van der Waals surface area contributed by atoms with E-state index >= 15 is 0 Å². The molecule has 2 amide bonds. The van der Waals surface area contributed by atoms with Gasteiger partial charge in [-0.1, -0.05) is 12.2 Å². The molecule has 0 radical (unpaired) electrons. The lowest BCUT2D eigenvalue weighted by atomic mass is 10.0. The van der Waals surface area contributed by atoms with Crippen LogP contribution in [0.1, 0.15) is 48.9 Å². The van der Waals surface area contributed by atoms with Gasteiger partial charge in [0, 0.05) is 17.8 Å². The lowest BCUT2D eigenvalue weighted by Crippen LogP contribution is -2.27. The van der Waals surface area contributed by atoms with Gasteiger partial charge in [0.1, 0.15) is 6.10 Å². The van der Waals surface area contributed by atoms with Crippen LogP contribution in [0.25, 0.3) is 0 Å². The lowest BCUT2D eigenvalue weighted by molar-refractivity contribution is -0.138. The summed E-state index contributed by atoms with van der Waals surface area (Å²) in [5, 5.41) is 14.0. The monoisotopic (exact) mass is 492 g/mol. The predicted octanol–water partition coefficient (Wildman–Crippen LogP) is 3.38. The van der Waals surface area contributed by atoms with Gasteiger partial charge in [-0.15, -0.1) is 0 Å². The zero-order valence-corrected chi connectivity index (χ0v) is 20.0. The maximum Gasteiger partial charge on any atom is 0.411 e. The van der Waals surface area contributed by atoms with E-state index in [1.165, 1.54) is 0 Å². The summed E-state index contributed by atoms with van der Waals surface area (Å²) in [7, 11) is 0. The first-order valence-electron chi connectivity index (χ1n) is 12.0. The van der Waals surface area contributed by atoms with Crippen LogP contribution in [-0.4, -0.2) is 75.4 Å². The van der Waals surface area contributed by atoms with Crippen molar-refractivity contribution in [3.8, 4) is 0 Å². The summed E-state index contributed by atoms with van der Waals surface area (Å²) < 4.78 is 21.3. The molecule has 0 heterocycles. The maximum absolute atomic E-state index is 12.2. The molecule has 3 N–H and O–H groups in total. The molecular weight excluding hydrogens is 456 g/mol. The average Bonchev–Trinajstić information content (AvgIpc) is 2.81. The third kappa shape index (κ3) is 13.5. The van der Waals surface area contributed by atoms with Crippen molar-refractivity contribution in [1.82, 2.24) is 5.32 Å². The standard InChI is InChI=1S/C25H36N2O8/c28-23(29)12-14-32-16-18-34-19-17-33-15-13-26-24(30)20-8-10-21(11-9-20)27-25(31)35-22-6-4-2-1-3-5-7-22/h1-2,8-11,22H,3-7,12-19H2,(H,26,30)(H,27,31)(H,28,29)/b2-1+. The fourth-order valence-corrected chi connectivity index (χ4v) is 3.29. The molecule has 1 aliphatic carbocycles. The normalized spacial score (nSPS) is 16.5. The number of amides is 2. The molecule has 0 aromatic heterocycles. The van der Waals surface area contributed by atoms with E-state index in [1.54, 1.807) is 24.3 Å². The van der Waals surface area contributed by atoms with Crippen molar-refractivity contribution in [2.45, 2.75) is 44.6 Å². The quantitative estimate of drug-likeness (QED) is 0.251. The van der Waals surface area contributed by atoms with E-state index in [0.717, 1.165) is 32.1 Å². The number of allylic oxidation sites excluding steroid dienone is 2. The van der Waals surface area contributed by atoms with E-state index in [4.69, 9.17) is 24.1 Å². The van der Waals surface area contributed by atoms with Gasteiger partial charge < -0.3 is 29.4 Å². The van der Waals surface area contributed by atoms with Gasteiger partial charge in [0.05, 0.1) is 46.1 Å².